The van der Waals surface area contributed by atoms with E-state index in [2.05, 4.69) is 31.4 Å². The lowest BCUT2D eigenvalue weighted by Gasteiger charge is -2.27. The van der Waals surface area contributed by atoms with E-state index in [1.165, 1.54) is 19.3 Å². The van der Waals surface area contributed by atoms with E-state index in [4.69, 9.17) is 19.9 Å². The number of rotatable bonds is 26. The van der Waals surface area contributed by atoms with Gasteiger partial charge in [0.2, 0.25) is 17.7 Å². The number of carbonyl (C=O) groups excluding carboxylic acids is 3. The maximum atomic E-state index is 11.7. The molecule has 0 atom stereocenters. The van der Waals surface area contributed by atoms with Crippen molar-refractivity contribution in [1.82, 2.24) is 10.6 Å². The van der Waals surface area contributed by atoms with Crippen molar-refractivity contribution in [2.24, 2.45) is 16.6 Å². The molecule has 0 fully saturated rings. The number of hydrogen-bond acceptors (Lipinski definition) is 6. The van der Waals surface area contributed by atoms with Crippen LogP contribution in [0.5, 0.6) is 0 Å². The van der Waals surface area contributed by atoms with Gasteiger partial charge in [-0.25, -0.2) is 0 Å². The van der Waals surface area contributed by atoms with Crippen molar-refractivity contribution in [2.45, 2.75) is 125 Å². The fourth-order valence-electron chi connectivity index (χ4n) is 4.22. The summed E-state index contributed by atoms with van der Waals surface area (Å²) in [4.78, 5) is 34.1. The molecule has 0 rings (SSSR count). The van der Waals surface area contributed by atoms with E-state index in [0.29, 0.717) is 39.1 Å². The van der Waals surface area contributed by atoms with Gasteiger partial charge in [0.15, 0.2) is 0 Å². The first kappa shape index (κ1) is 41.4. The van der Waals surface area contributed by atoms with Gasteiger partial charge in [-0.3, -0.25) is 14.4 Å². The average molecular weight is 588 g/mol. The molecule has 0 saturated carbocycles. The SMILES string of the molecule is CCCCCC(=O)NCCCCCC(=O)NCCCCCCCOC.COCC(C)(C)COCC(C)(C)CC(N)=O. The quantitative estimate of drug-likeness (QED) is 0.114. The number of nitrogens with one attached hydrogen (secondary N) is 2. The normalized spacial score (nSPS) is 11.5. The van der Waals surface area contributed by atoms with Crippen LogP contribution in [0.3, 0.4) is 0 Å². The lowest BCUT2D eigenvalue weighted by Crippen LogP contribution is -2.31. The summed E-state index contributed by atoms with van der Waals surface area (Å²) in [5.74, 6) is 0.0288. The third-order valence-electron chi connectivity index (χ3n) is 6.43. The topological polar surface area (TPSA) is 129 Å². The van der Waals surface area contributed by atoms with Crippen molar-refractivity contribution in [3.63, 3.8) is 0 Å². The molecule has 0 heterocycles. The van der Waals surface area contributed by atoms with Gasteiger partial charge in [-0.05, 0) is 37.5 Å². The summed E-state index contributed by atoms with van der Waals surface area (Å²) in [5.41, 5.74) is 4.97. The number of unbranched alkanes of at least 4 members (excludes halogenated alkanes) is 8. The Morgan fingerprint density at radius 2 is 1.12 bits per heavy atom. The third kappa shape index (κ3) is 32.7. The Kier molecular flexibility index (Phi) is 27.4. The first-order valence-corrected chi connectivity index (χ1v) is 15.8. The Bertz CT molecular complexity index is 655. The second-order valence-corrected chi connectivity index (χ2v) is 12.6. The lowest BCUT2D eigenvalue weighted by atomic mass is 9.90. The molecule has 9 nitrogen and oxygen atoms in total. The summed E-state index contributed by atoms with van der Waals surface area (Å²) in [6.07, 6.45) is 13.4. The fourth-order valence-corrected chi connectivity index (χ4v) is 4.22. The van der Waals surface area contributed by atoms with Crippen LogP contribution in [0.25, 0.3) is 0 Å². The van der Waals surface area contributed by atoms with Crippen LogP contribution in [-0.2, 0) is 28.6 Å². The van der Waals surface area contributed by atoms with E-state index in [0.717, 1.165) is 71.1 Å². The number of methoxy groups -OCH3 is 2. The van der Waals surface area contributed by atoms with Gasteiger partial charge >= 0.3 is 0 Å². The molecule has 0 aliphatic rings. The zero-order valence-electron chi connectivity index (χ0n) is 27.7. The predicted octanol–water partition coefficient (Wildman–Crippen LogP) is 5.53. The maximum Gasteiger partial charge on any atom is 0.219 e. The minimum Gasteiger partial charge on any atom is -0.385 e. The van der Waals surface area contributed by atoms with Crippen LogP contribution in [0.15, 0.2) is 0 Å². The lowest BCUT2D eigenvalue weighted by molar-refractivity contribution is -0.122. The highest BCUT2D eigenvalue weighted by atomic mass is 16.5. The molecule has 0 aromatic carbocycles. The zero-order chi connectivity index (χ0) is 31.4. The highest BCUT2D eigenvalue weighted by Gasteiger charge is 2.24. The highest BCUT2D eigenvalue weighted by molar-refractivity contribution is 5.76. The average Bonchev–Trinajstić information content (AvgIpc) is 2.87. The Morgan fingerprint density at radius 1 is 0.634 bits per heavy atom. The van der Waals surface area contributed by atoms with Gasteiger partial charge in [0.25, 0.3) is 0 Å². The van der Waals surface area contributed by atoms with Crippen LogP contribution < -0.4 is 16.4 Å². The molecule has 0 saturated heterocycles. The smallest absolute Gasteiger partial charge is 0.219 e. The number of amides is 3. The van der Waals surface area contributed by atoms with E-state index in [1.54, 1.807) is 14.2 Å². The van der Waals surface area contributed by atoms with Crippen LogP contribution in [0.2, 0.25) is 0 Å². The standard InChI is InChI=1S/C20H40N2O3.C12H25NO3/c1-3-4-9-14-19(23)22-17-12-8-10-15-20(24)21-16-11-6-5-7-13-18-25-2;1-11(2,6-10(13)14)8-16-9-12(3,4)7-15-5/h3-18H2,1-2H3,(H,21,24)(H,22,23);6-9H2,1-5H3,(H2,13,14). The van der Waals surface area contributed by atoms with Gasteiger partial charge in [-0.1, -0.05) is 73.1 Å². The number of ether oxygens (including phenoxy) is 3. The summed E-state index contributed by atoms with van der Waals surface area (Å²) < 4.78 is 15.7. The maximum absolute atomic E-state index is 11.7. The van der Waals surface area contributed by atoms with Crippen molar-refractivity contribution in [3.05, 3.63) is 0 Å². The number of hydrogen-bond donors (Lipinski definition) is 3. The van der Waals surface area contributed by atoms with E-state index < -0.39 is 0 Å². The molecule has 0 aromatic heterocycles. The highest BCUT2D eigenvalue weighted by Crippen LogP contribution is 2.22. The van der Waals surface area contributed by atoms with Gasteiger partial charge in [0.1, 0.15) is 0 Å². The van der Waals surface area contributed by atoms with Crippen molar-refractivity contribution < 1.29 is 28.6 Å². The van der Waals surface area contributed by atoms with Crippen molar-refractivity contribution in [2.75, 3.05) is 53.7 Å². The Morgan fingerprint density at radius 3 is 1.63 bits per heavy atom. The molecule has 9 heteroatoms. The van der Waals surface area contributed by atoms with E-state index in [1.807, 2.05) is 13.8 Å². The molecule has 3 amide bonds. The van der Waals surface area contributed by atoms with Crippen LogP contribution in [-0.4, -0.2) is 71.5 Å². The van der Waals surface area contributed by atoms with Gasteiger partial charge in [-0.15, -0.1) is 0 Å². The number of nitrogens with two attached hydrogens (primary N) is 1. The molecule has 0 radical (unpaired) electrons. The first-order valence-electron chi connectivity index (χ1n) is 15.8. The van der Waals surface area contributed by atoms with Crippen LogP contribution in [0, 0.1) is 10.8 Å². The Balaban J connectivity index is 0. The molecular weight excluding hydrogens is 522 g/mol. The molecule has 0 unspecified atom stereocenters. The van der Waals surface area contributed by atoms with Crippen LogP contribution in [0.1, 0.15) is 125 Å². The molecule has 0 bridgehead atoms. The van der Waals surface area contributed by atoms with E-state index in [-0.39, 0.29) is 28.6 Å². The van der Waals surface area contributed by atoms with Gasteiger partial charge in [-0.2, -0.15) is 0 Å². The van der Waals surface area contributed by atoms with E-state index >= 15 is 0 Å². The summed E-state index contributed by atoms with van der Waals surface area (Å²) in [6.45, 7) is 14.4. The van der Waals surface area contributed by atoms with Crippen molar-refractivity contribution in [3.8, 4) is 0 Å². The molecule has 0 aliphatic heterocycles. The van der Waals surface area contributed by atoms with Gasteiger partial charge in [0.05, 0.1) is 19.8 Å². The monoisotopic (exact) mass is 587 g/mol. The molecule has 0 spiro atoms. The molecule has 244 valence electrons. The van der Waals surface area contributed by atoms with Gasteiger partial charge in [0, 0.05) is 58.6 Å². The third-order valence-corrected chi connectivity index (χ3v) is 6.43. The summed E-state index contributed by atoms with van der Waals surface area (Å²) in [6, 6.07) is 0. The molecular formula is C32H65N3O6. The second kappa shape index (κ2) is 27.1. The second-order valence-electron chi connectivity index (χ2n) is 12.6. The van der Waals surface area contributed by atoms with Crippen LogP contribution >= 0.6 is 0 Å². The minimum absolute atomic E-state index is 0.00243. The van der Waals surface area contributed by atoms with E-state index in [9.17, 15) is 14.4 Å². The predicted molar refractivity (Wildman–Crippen MR) is 168 cm³/mol. The molecule has 41 heavy (non-hydrogen) atoms. The van der Waals surface area contributed by atoms with Crippen molar-refractivity contribution in [1.29, 1.82) is 0 Å². The summed E-state index contributed by atoms with van der Waals surface area (Å²) in [5, 5.41) is 5.94. The number of primary amides is 1. The fraction of sp³-hybridized carbons (Fsp3) is 0.906. The van der Waals surface area contributed by atoms with Gasteiger partial charge < -0.3 is 30.6 Å². The minimum atomic E-state index is -0.287. The molecule has 0 aromatic rings. The first-order chi connectivity index (χ1) is 19.4. The molecule has 0 aliphatic carbocycles. The summed E-state index contributed by atoms with van der Waals surface area (Å²) in [7, 11) is 3.42. The van der Waals surface area contributed by atoms with Crippen LogP contribution in [0.4, 0.5) is 0 Å². The zero-order valence-corrected chi connectivity index (χ0v) is 27.7. The largest absolute Gasteiger partial charge is 0.385 e. The molecule has 4 N–H and O–H groups in total. The Hall–Kier alpha value is -1.71. The number of carbonyl (C=O) groups is 3. The van der Waals surface area contributed by atoms with Crippen molar-refractivity contribution >= 4 is 17.7 Å². The summed E-state index contributed by atoms with van der Waals surface area (Å²) >= 11 is 0. The Labute approximate surface area is 251 Å².